The molecule has 3 nitrogen and oxygen atoms in total. The van der Waals surface area contributed by atoms with Crippen molar-refractivity contribution < 1.29 is 22.7 Å². The number of piperidine rings is 1. The third kappa shape index (κ3) is 4.13. The zero-order valence-electron chi connectivity index (χ0n) is 16.2. The van der Waals surface area contributed by atoms with E-state index in [4.69, 9.17) is 0 Å². The SMILES string of the molecule is OC(c1ccc(Nc2ccc(F)c(C(F)(F)F)c2)c2ccccc12)N1CCCCC1. The van der Waals surface area contributed by atoms with Crippen molar-refractivity contribution in [3.8, 4) is 0 Å². The van der Waals surface area contributed by atoms with Gasteiger partial charge in [-0.05, 0) is 42.5 Å². The molecule has 0 spiro atoms. The number of aliphatic hydroxyl groups is 1. The first kappa shape index (κ1) is 20.6. The first-order valence-electron chi connectivity index (χ1n) is 9.92. The quantitative estimate of drug-likeness (QED) is 0.494. The molecule has 3 aromatic carbocycles. The van der Waals surface area contributed by atoms with Gasteiger partial charge in [-0.1, -0.05) is 36.8 Å². The average Bonchev–Trinajstić information content (AvgIpc) is 2.74. The predicted octanol–water partition coefficient (Wildman–Crippen LogP) is 6.22. The van der Waals surface area contributed by atoms with Gasteiger partial charge in [0.15, 0.2) is 0 Å². The van der Waals surface area contributed by atoms with Gasteiger partial charge in [0.05, 0.1) is 5.56 Å². The lowest BCUT2D eigenvalue weighted by Crippen LogP contribution is -2.33. The van der Waals surface area contributed by atoms with Crippen molar-refractivity contribution in [3.63, 3.8) is 0 Å². The fourth-order valence-electron chi connectivity index (χ4n) is 3.99. The Labute approximate surface area is 171 Å². The zero-order valence-corrected chi connectivity index (χ0v) is 16.2. The molecule has 3 aromatic rings. The van der Waals surface area contributed by atoms with Crippen LogP contribution in [-0.2, 0) is 6.18 Å². The Morgan fingerprint density at radius 1 is 0.900 bits per heavy atom. The van der Waals surface area contributed by atoms with E-state index in [1.54, 1.807) is 12.1 Å². The molecule has 0 amide bonds. The Morgan fingerprint density at radius 2 is 1.60 bits per heavy atom. The van der Waals surface area contributed by atoms with Crippen LogP contribution in [0, 0.1) is 5.82 Å². The van der Waals surface area contributed by atoms with E-state index in [2.05, 4.69) is 5.32 Å². The number of anilines is 2. The minimum absolute atomic E-state index is 0.137. The molecule has 1 unspecified atom stereocenters. The highest BCUT2D eigenvalue weighted by atomic mass is 19.4. The third-order valence-corrected chi connectivity index (χ3v) is 5.52. The number of likely N-dealkylation sites (tertiary alicyclic amines) is 1. The number of aliphatic hydroxyl groups excluding tert-OH is 1. The Kier molecular flexibility index (Phi) is 5.66. The van der Waals surface area contributed by atoms with Crippen LogP contribution < -0.4 is 5.32 Å². The van der Waals surface area contributed by atoms with Crippen molar-refractivity contribution in [2.24, 2.45) is 0 Å². The number of nitrogens with one attached hydrogen (secondary N) is 1. The summed E-state index contributed by atoms with van der Waals surface area (Å²) in [5, 5.41) is 15.5. The lowest BCUT2D eigenvalue weighted by atomic mass is 9.99. The van der Waals surface area contributed by atoms with E-state index >= 15 is 0 Å². The highest BCUT2D eigenvalue weighted by molar-refractivity contribution is 5.97. The van der Waals surface area contributed by atoms with Crippen LogP contribution in [0.2, 0.25) is 0 Å². The summed E-state index contributed by atoms with van der Waals surface area (Å²) < 4.78 is 52.7. The minimum Gasteiger partial charge on any atom is -0.374 e. The number of nitrogens with zero attached hydrogens (tertiary/aromatic N) is 1. The maximum absolute atomic E-state index is 13.6. The smallest absolute Gasteiger partial charge is 0.374 e. The first-order valence-corrected chi connectivity index (χ1v) is 9.92. The average molecular weight is 418 g/mol. The minimum atomic E-state index is -4.77. The molecule has 1 saturated heterocycles. The van der Waals surface area contributed by atoms with E-state index in [1.165, 1.54) is 6.07 Å². The molecule has 0 saturated carbocycles. The lowest BCUT2D eigenvalue weighted by Gasteiger charge is -2.32. The molecule has 1 fully saturated rings. The Hall–Kier alpha value is -2.64. The molecule has 4 rings (SSSR count). The number of hydrogen-bond donors (Lipinski definition) is 2. The van der Waals surface area contributed by atoms with Crippen molar-refractivity contribution in [1.29, 1.82) is 0 Å². The molecule has 1 aliphatic heterocycles. The summed E-state index contributed by atoms with van der Waals surface area (Å²) in [7, 11) is 0. The largest absolute Gasteiger partial charge is 0.419 e. The molecular weight excluding hydrogens is 396 g/mol. The molecule has 0 radical (unpaired) electrons. The van der Waals surface area contributed by atoms with Crippen molar-refractivity contribution in [1.82, 2.24) is 4.90 Å². The maximum atomic E-state index is 13.6. The second-order valence-electron chi connectivity index (χ2n) is 7.54. The predicted molar refractivity (Wildman–Crippen MR) is 109 cm³/mol. The van der Waals surface area contributed by atoms with Crippen LogP contribution in [0.1, 0.15) is 36.6 Å². The summed E-state index contributed by atoms with van der Waals surface area (Å²) >= 11 is 0. The molecule has 2 N–H and O–H groups in total. The van der Waals surface area contributed by atoms with E-state index in [0.29, 0.717) is 5.69 Å². The first-order chi connectivity index (χ1) is 14.3. The van der Waals surface area contributed by atoms with Crippen molar-refractivity contribution >= 4 is 22.1 Å². The summed E-state index contributed by atoms with van der Waals surface area (Å²) in [5.74, 6) is -1.31. The number of alkyl halides is 3. The molecule has 1 heterocycles. The second-order valence-corrected chi connectivity index (χ2v) is 7.54. The van der Waals surface area contributed by atoms with Gasteiger partial charge in [0.2, 0.25) is 0 Å². The van der Waals surface area contributed by atoms with Gasteiger partial charge >= 0.3 is 6.18 Å². The fourth-order valence-corrected chi connectivity index (χ4v) is 3.99. The molecule has 158 valence electrons. The molecule has 0 aliphatic carbocycles. The van der Waals surface area contributed by atoms with Gasteiger partial charge in [0.1, 0.15) is 12.0 Å². The molecule has 1 atom stereocenters. The van der Waals surface area contributed by atoms with Gasteiger partial charge in [-0.2, -0.15) is 13.2 Å². The van der Waals surface area contributed by atoms with Crippen LogP contribution in [0.5, 0.6) is 0 Å². The van der Waals surface area contributed by atoms with Gasteiger partial charge in [-0.15, -0.1) is 0 Å². The standard InChI is InChI=1S/C23H22F4N2O/c24-20-10-8-15(14-19(20)23(25,26)27)28-21-11-9-18(16-6-2-3-7-17(16)21)22(30)29-12-4-1-5-13-29/h2-3,6-11,14,22,28,30H,1,4-5,12-13H2. The molecular formula is C23H22F4N2O. The Bertz CT molecular complexity index is 1050. The van der Waals surface area contributed by atoms with Crippen LogP contribution >= 0.6 is 0 Å². The second kappa shape index (κ2) is 8.24. The van der Waals surface area contributed by atoms with Gasteiger partial charge in [0.25, 0.3) is 0 Å². The number of rotatable bonds is 4. The van der Waals surface area contributed by atoms with E-state index in [0.717, 1.165) is 60.8 Å². The van der Waals surface area contributed by atoms with Crippen LogP contribution in [-0.4, -0.2) is 23.1 Å². The lowest BCUT2D eigenvalue weighted by molar-refractivity contribution is -0.139. The Morgan fingerprint density at radius 3 is 2.30 bits per heavy atom. The molecule has 30 heavy (non-hydrogen) atoms. The summed E-state index contributed by atoms with van der Waals surface area (Å²) in [5.41, 5.74) is 0.167. The number of halogens is 4. The van der Waals surface area contributed by atoms with Crippen LogP contribution in [0.3, 0.4) is 0 Å². The summed E-state index contributed by atoms with van der Waals surface area (Å²) in [6.07, 6.45) is -2.27. The molecule has 7 heteroatoms. The molecule has 0 bridgehead atoms. The van der Waals surface area contributed by atoms with E-state index in [1.807, 2.05) is 29.2 Å². The van der Waals surface area contributed by atoms with Crippen molar-refractivity contribution in [3.05, 3.63) is 71.5 Å². The van der Waals surface area contributed by atoms with Crippen molar-refractivity contribution in [2.45, 2.75) is 31.7 Å². The highest BCUT2D eigenvalue weighted by Crippen LogP contribution is 2.36. The highest BCUT2D eigenvalue weighted by Gasteiger charge is 2.34. The summed E-state index contributed by atoms with van der Waals surface area (Å²) in [6.45, 7) is 1.65. The number of hydrogen-bond acceptors (Lipinski definition) is 3. The van der Waals surface area contributed by atoms with E-state index < -0.39 is 23.8 Å². The fraction of sp³-hybridized carbons (Fsp3) is 0.304. The van der Waals surface area contributed by atoms with Crippen LogP contribution in [0.25, 0.3) is 10.8 Å². The van der Waals surface area contributed by atoms with E-state index in [9.17, 15) is 22.7 Å². The maximum Gasteiger partial charge on any atom is 0.419 e. The molecule has 1 aliphatic rings. The van der Waals surface area contributed by atoms with Gasteiger partial charge in [-0.3, -0.25) is 4.90 Å². The Balaban J connectivity index is 1.70. The van der Waals surface area contributed by atoms with Gasteiger partial charge in [0, 0.05) is 35.4 Å². The summed E-state index contributed by atoms with van der Waals surface area (Å²) in [4.78, 5) is 2.04. The van der Waals surface area contributed by atoms with Crippen molar-refractivity contribution in [2.75, 3.05) is 18.4 Å². The van der Waals surface area contributed by atoms with Gasteiger partial charge in [-0.25, -0.2) is 4.39 Å². The number of fused-ring (bicyclic) bond motifs is 1. The zero-order chi connectivity index (χ0) is 21.3. The topological polar surface area (TPSA) is 35.5 Å². The third-order valence-electron chi connectivity index (χ3n) is 5.52. The monoisotopic (exact) mass is 418 g/mol. The van der Waals surface area contributed by atoms with E-state index in [-0.39, 0.29) is 5.69 Å². The van der Waals surface area contributed by atoms with Gasteiger partial charge < -0.3 is 10.4 Å². The normalized spacial score (nSPS) is 16.6. The molecule has 0 aromatic heterocycles. The summed E-state index contributed by atoms with van der Waals surface area (Å²) in [6, 6.07) is 13.8. The number of benzene rings is 3. The van der Waals surface area contributed by atoms with Crippen LogP contribution in [0.4, 0.5) is 28.9 Å². The van der Waals surface area contributed by atoms with Crippen LogP contribution in [0.15, 0.2) is 54.6 Å².